The normalized spacial score (nSPS) is 17.5. The lowest BCUT2D eigenvalue weighted by atomic mass is 9.64. The third kappa shape index (κ3) is 2.86. The van der Waals surface area contributed by atoms with Crippen LogP contribution in [-0.4, -0.2) is 21.3 Å². The highest BCUT2D eigenvalue weighted by atomic mass is 79.9. The van der Waals surface area contributed by atoms with E-state index in [9.17, 15) is 17.6 Å². The van der Waals surface area contributed by atoms with E-state index in [-0.39, 0.29) is 16.4 Å². The molecule has 2 aromatic carbocycles. The van der Waals surface area contributed by atoms with Crippen molar-refractivity contribution < 1.29 is 22.3 Å². The number of anilines is 1. The van der Waals surface area contributed by atoms with E-state index >= 15 is 0 Å². The van der Waals surface area contributed by atoms with E-state index in [0.717, 1.165) is 48.6 Å². The molecule has 0 radical (unpaired) electrons. The van der Waals surface area contributed by atoms with Gasteiger partial charge in [-0.3, -0.25) is 9.52 Å². The molecule has 1 spiro atoms. The first-order valence-corrected chi connectivity index (χ1v) is 10.8. The van der Waals surface area contributed by atoms with E-state index in [4.69, 9.17) is 4.74 Å². The Kier molecular flexibility index (Phi) is 4.31. The topological polar surface area (TPSA) is 72.5 Å². The number of sulfonamides is 1. The van der Waals surface area contributed by atoms with Crippen LogP contribution in [-0.2, 0) is 26.7 Å². The summed E-state index contributed by atoms with van der Waals surface area (Å²) in [6.45, 7) is 0. The Morgan fingerprint density at radius 2 is 1.96 bits per heavy atom. The van der Waals surface area contributed by atoms with Gasteiger partial charge in [-0.15, -0.1) is 0 Å². The first-order chi connectivity index (χ1) is 12.8. The molecule has 0 saturated heterocycles. The average molecular weight is 454 g/mol. The molecule has 0 amide bonds. The first kappa shape index (κ1) is 18.4. The molecule has 8 heteroatoms. The summed E-state index contributed by atoms with van der Waals surface area (Å²) in [5, 5.41) is 0. The zero-order valence-electron chi connectivity index (χ0n) is 14.5. The molecule has 2 aliphatic carbocycles. The number of ketones is 1. The molecule has 2 aliphatic rings. The van der Waals surface area contributed by atoms with Gasteiger partial charge in [0.15, 0.2) is 0 Å². The molecule has 0 bridgehead atoms. The summed E-state index contributed by atoms with van der Waals surface area (Å²) in [5.74, 6) is -0.463. The highest BCUT2D eigenvalue weighted by Gasteiger charge is 2.51. The predicted octanol–water partition coefficient (Wildman–Crippen LogP) is 3.94. The number of hydrogen-bond acceptors (Lipinski definition) is 4. The standard InChI is InChI=1S/C19H17BrFNO4S/c1-26-16-7-11(21)3-4-17(16)27(24,25)22-12-8-14-13(15(20)9-12)10-18(23)19(14)5-2-6-19/h3-4,7-9,22H,2,5-6,10H2,1H3. The summed E-state index contributed by atoms with van der Waals surface area (Å²) < 4.78 is 47.3. The number of ether oxygens (including phenoxy) is 1. The maximum atomic E-state index is 13.4. The van der Waals surface area contributed by atoms with Crippen LogP contribution in [0.2, 0.25) is 0 Å². The highest BCUT2D eigenvalue weighted by molar-refractivity contribution is 9.10. The summed E-state index contributed by atoms with van der Waals surface area (Å²) in [6.07, 6.45) is 2.96. The van der Waals surface area contributed by atoms with Crippen LogP contribution in [0.15, 0.2) is 39.7 Å². The van der Waals surface area contributed by atoms with Gasteiger partial charge in [-0.1, -0.05) is 22.4 Å². The smallest absolute Gasteiger partial charge is 0.265 e. The second kappa shape index (κ2) is 6.31. The van der Waals surface area contributed by atoms with Crippen molar-refractivity contribution >= 4 is 37.4 Å². The largest absolute Gasteiger partial charge is 0.495 e. The maximum Gasteiger partial charge on any atom is 0.265 e. The fourth-order valence-corrected chi connectivity index (χ4v) is 5.73. The Hall–Kier alpha value is -1.93. The molecule has 0 unspecified atom stereocenters. The second-order valence-electron chi connectivity index (χ2n) is 6.92. The molecule has 2 aromatic rings. The second-order valence-corrected chi connectivity index (χ2v) is 9.43. The molecule has 142 valence electrons. The van der Waals surface area contributed by atoms with E-state index in [2.05, 4.69) is 20.7 Å². The van der Waals surface area contributed by atoms with E-state index in [1.807, 2.05) is 0 Å². The SMILES string of the molecule is COc1cc(F)ccc1S(=O)(=O)Nc1cc(Br)c2c(c1)C1(CCC1)C(=O)C2. The number of carbonyl (C=O) groups is 1. The lowest BCUT2D eigenvalue weighted by Crippen LogP contribution is -2.39. The van der Waals surface area contributed by atoms with Crippen LogP contribution in [0.25, 0.3) is 0 Å². The van der Waals surface area contributed by atoms with Crippen LogP contribution in [0, 0.1) is 5.82 Å². The highest BCUT2D eigenvalue weighted by Crippen LogP contribution is 2.52. The Morgan fingerprint density at radius 1 is 1.22 bits per heavy atom. The van der Waals surface area contributed by atoms with Gasteiger partial charge < -0.3 is 4.74 Å². The Morgan fingerprint density at radius 3 is 2.59 bits per heavy atom. The molecule has 5 nitrogen and oxygen atoms in total. The van der Waals surface area contributed by atoms with Gasteiger partial charge >= 0.3 is 0 Å². The van der Waals surface area contributed by atoms with E-state index in [1.165, 1.54) is 7.11 Å². The number of carbonyl (C=O) groups excluding carboxylic acids is 1. The summed E-state index contributed by atoms with van der Waals surface area (Å²) in [5.41, 5.74) is 1.72. The molecule has 4 rings (SSSR count). The van der Waals surface area contributed by atoms with Gasteiger partial charge in [0, 0.05) is 17.0 Å². The van der Waals surface area contributed by atoms with Crippen molar-refractivity contribution in [2.24, 2.45) is 0 Å². The van der Waals surface area contributed by atoms with Crippen molar-refractivity contribution in [2.75, 3.05) is 11.8 Å². The van der Waals surface area contributed by atoms with Gasteiger partial charge in [0.1, 0.15) is 22.2 Å². The van der Waals surface area contributed by atoms with Crippen LogP contribution < -0.4 is 9.46 Å². The van der Waals surface area contributed by atoms with E-state index < -0.39 is 21.3 Å². The Balaban J connectivity index is 1.74. The minimum atomic E-state index is -3.99. The minimum absolute atomic E-state index is 0.0756. The molecule has 1 N–H and O–H groups in total. The van der Waals surface area contributed by atoms with Crippen molar-refractivity contribution in [1.29, 1.82) is 0 Å². The minimum Gasteiger partial charge on any atom is -0.495 e. The molecule has 1 saturated carbocycles. The van der Waals surface area contributed by atoms with Crippen molar-refractivity contribution in [3.63, 3.8) is 0 Å². The molecule has 0 atom stereocenters. The van der Waals surface area contributed by atoms with Gasteiger partial charge in [-0.2, -0.15) is 0 Å². The Labute approximate surface area is 165 Å². The monoisotopic (exact) mass is 453 g/mol. The van der Waals surface area contributed by atoms with Crippen LogP contribution in [0.4, 0.5) is 10.1 Å². The number of fused-ring (bicyclic) bond motifs is 2. The van der Waals surface area contributed by atoms with E-state index in [0.29, 0.717) is 16.6 Å². The average Bonchev–Trinajstić information content (AvgIpc) is 2.86. The lowest BCUT2D eigenvalue weighted by molar-refractivity contribution is -0.125. The predicted molar refractivity (Wildman–Crippen MR) is 102 cm³/mol. The third-order valence-electron chi connectivity index (χ3n) is 5.46. The van der Waals surface area contributed by atoms with Crippen molar-refractivity contribution in [3.05, 3.63) is 51.7 Å². The summed E-state index contributed by atoms with van der Waals surface area (Å²) in [4.78, 5) is 12.4. The zero-order chi connectivity index (χ0) is 19.4. The van der Waals surface area contributed by atoms with Gasteiger partial charge in [-0.25, -0.2) is 12.8 Å². The number of benzene rings is 2. The van der Waals surface area contributed by atoms with Gasteiger partial charge in [-0.05, 0) is 48.2 Å². The summed E-state index contributed by atoms with van der Waals surface area (Å²) in [6, 6.07) is 6.65. The quantitative estimate of drug-likeness (QED) is 0.760. The van der Waals surface area contributed by atoms with E-state index in [1.54, 1.807) is 12.1 Å². The molecule has 0 aromatic heterocycles. The molecular formula is C19H17BrFNO4S. The van der Waals surface area contributed by atoms with Crippen molar-refractivity contribution in [1.82, 2.24) is 0 Å². The third-order valence-corrected chi connectivity index (χ3v) is 7.58. The number of methoxy groups -OCH3 is 1. The molecule has 0 aliphatic heterocycles. The first-order valence-electron chi connectivity index (χ1n) is 8.49. The van der Waals surface area contributed by atoms with Crippen LogP contribution in [0.5, 0.6) is 5.75 Å². The van der Waals surface area contributed by atoms with Gasteiger partial charge in [0.25, 0.3) is 10.0 Å². The van der Waals surface area contributed by atoms with Crippen LogP contribution in [0.3, 0.4) is 0 Å². The number of hydrogen-bond donors (Lipinski definition) is 1. The molecule has 0 heterocycles. The fourth-order valence-electron chi connectivity index (χ4n) is 3.93. The van der Waals surface area contributed by atoms with Crippen molar-refractivity contribution in [2.45, 2.75) is 36.0 Å². The van der Waals surface area contributed by atoms with Crippen molar-refractivity contribution in [3.8, 4) is 5.75 Å². The Bertz CT molecular complexity index is 1060. The number of Topliss-reactive ketones (excluding diaryl/α,β-unsaturated/α-hetero) is 1. The molecule has 1 fully saturated rings. The summed E-state index contributed by atoms with van der Waals surface area (Å²) >= 11 is 3.47. The van der Waals surface area contributed by atoms with Gasteiger partial charge in [0.2, 0.25) is 0 Å². The van der Waals surface area contributed by atoms with Crippen LogP contribution in [0.1, 0.15) is 30.4 Å². The van der Waals surface area contributed by atoms with Gasteiger partial charge in [0.05, 0.1) is 18.2 Å². The number of halogens is 2. The number of rotatable bonds is 4. The summed E-state index contributed by atoms with van der Waals surface area (Å²) in [7, 11) is -2.71. The molecule has 27 heavy (non-hydrogen) atoms. The fraction of sp³-hybridized carbons (Fsp3) is 0.316. The maximum absolute atomic E-state index is 13.4. The molecular weight excluding hydrogens is 437 g/mol. The number of nitrogens with one attached hydrogen (secondary N) is 1. The lowest BCUT2D eigenvalue weighted by Gasteiger charge is -2.37. The zero-order valence-corrected chi connectivity index (χ0v) is 16.9. The van der Waals surface area contributed by atoms with Crippen LogP contribution >= 0.6 is 15.9 Å².